The van der Waals surface area contributed by atoms with Gasteiger partial charge in [-0.05, 0) is 49.9 Å². The zero-order valence-electron chi connectivity index (χ0n) is 10.7. The molecule has 0 spiro atoms. The second kappa shape index (κ2) is 5.60. The van der Waals surface area contributed by atoms with Gasteiger partial charge in [0.2, 0.25) is 0 Å². The van der Waals surface area contributed by atoms with E-state index in [-0.39, 0.29) is 0 Å². The lowest BCUT2D eigenvalue weighted by Gasteiger charge is -2.24. The Balaban J connectivity index is 1.65. The molecule has 2 aliphatic rings. The van der Waals surface area contributed by atoms with Crippen LogP contribution in [0.3, 0.4) is 0 Å². The molecule has 1 N–H and O–H groups in total. The van der Waals surface area contributed by atoms with Crippen LogP contribution < -0.4 is 5.32 Å². The molecule has 1 unspecified atom stereocenters. The first-order valence-corrected chi connectivity index (χ1v) is 7.40. The summed E-state index contributed by atoms with van der Waals surface area (Å²) in [6.45, 7) is 4.52. The molecule has 1 saturated carbocycles. The Morgan fingerprint density at radius 2 is 2.11 bits per heavy atom. The zero-order valence-corrected chi connectivity index (χ0v) is 11.5. The van der Waals surface area contributed by atoms with Crippen molar-refractivity contribution in [3.05, 3.63) is 34.9 Å². The highest BCUT2D eigenvalue weighted by molar-refractivity contribution is 6.31. The third kappa shape index (κ3) is 3.05. The van der Waals surface area contributed by atoms with Crippen molar-refractivity contribution in [3.63, 3.8) is 0 Å². The van der Waals surface area contributed by atoms with E-state index >= 15 is 0 Å². The second-order valence-corrected chi connectivity index (χ2v) is 5.99. The monoisotopic (exact) mass is 264 g/mol. The highest BCUT2D eigenvalue weighted by Crippen LogP contribution is 2.33. The average molecular weight is 265 g/mol. The number of nitrogens with zero attached hydrogens (tertiary/aromatic N) is 1. The van der Waals surface area contributed by atoms with E-state index in [4.69, 9.17) is 11.6 Å². The van der Waals surface area contributed by atoms with Crippen LogP contribution in [0, 0.1) is 5.92 Å². The zero-order chi connectivity index (χ0) is 12.4. The summed E-state index contributed by atoms with van der Waals surface area (Å²) < 4.78 is 0. The summed E-state index contributed by atoms with van der Waals surface area (Å²) in [7, 11) is 0. The minimum absolute atomic E-state index is 0.704. The maximum Gasteiger partial charge on any atom is 0.0451 e. The Morgan fingerprint density at radius 3 is 2.89 bits per heavy atom. The summed E-state index contributed by atoms with van der Waals surface area (Å²) in [5.41, 5.74) is 1.26. The van der Waals surface area contributed by atoms with Gasteiger partial charge in [-0.3, -0.25) is 4.90 Å². The van der Waals surface area contributed by atoms with Crippen LogP contribution in [0.25, 0.3) is 0 Å². The molecule has 2 fully saturated rings. The lowest BCUT2D eigenvalue weighted by atomic mass is 10.1. The van der Waals surface area contributed by atoms with Crippen molar-refractivity contribution in [2.75, 3.05) is 19.6 Å². The molecule has 1 heterocycles. The van der Waals surface area contributed by atoms with Gasteiger partial charge < -0.3 is 5.32 Å². The standard InChI is InChI=1S/C15H21ClN2/c16-14-5-2-1-4-13(14)10-18-9-3-8-17-15(11-18)12-6-7-12/h1-2,4-5,12,15,17H,3,6-11H2. The summed E-state index contributed by atoms with van der Waals surface area (Å²) in [6.07, 6.45) is 4.07. The predicted octanol–water partition coefficient (Wildman–Crippen LogP) is 2.91. The van der Waals surface area contributed by atoms with Crippen molar-refractivity contribution in [1.82, 2.24) is 10.2 Å². The molecule has 3 rings (SSSR count). The van der Waals surface area contributed by atoms with E-state index in [0.717, 1.165) is 17.5 Å². The predicted molar refractivity (Wildman–Crippen MR) is 75.9 cm³/mol. The number of hydrogen-bond acceptors (Lipinski definition) is 2. The molecule has 0 aromatic heterocycles. The highest BCUT2D eigenvalue weighted by Gasteiger charge is 2.33. The minimum Gasteiger partial charge on any atom is -0.312 e. The molecule has 3 heteroatoms. The van der Waals surface area contributed by atoms with Crippen molar-refractivity contribution in [1.29, 1.82) is 0 Å². The molecule has 2 nitrogen and oxygen atoms in total. The first-order valence-electron chi connectivity index (χ1n) is 7.02. The molecule has 98 valence electrons. The molecule has 1 aromatic rings. The Morgan fingerprint density at radius 1 is 1.28 bits per heavy atom. The maximum atomic E-state index is 6.25. The Labute approximate surface area is 114 Å². The topological polar surface area (TPSA) is 15.3 Å². The molecule has 0 amide bonds. The van der Waals surface area contributed by atoms with Crippen LogP contribution in [0.2, 0.25) is 5.02 Å². The van der Waals surface area contributed by atoms with Gasteiger partial charge in [-0.25, -0.2) is 0 Å². The molecule has 1 aliphatic carbocycles. The number of halogens is 1. The van der Waals surface area contributed by atoms with Crippen LogP contribution in [0.5, 0.6) is 0 Å². The van der Waals surface area contributed by atoms with Gasteiger partial charge in [-0.1, -0.05) is 29.8 Å². The molecule has 0 radical (unpaired) electrons. The van der Waals surface area contributed by atoms with E-state index in [1.807, 2.05) is 12.1 Å². The summed E-state index contributed by atoms with van der Waals surface area (Å²) in [5.74, 6) is 0.928. The molecule has 18 heavy (non-hydrogen) atoms. The molecular weight excluding hydrogens is 244 g/mol. The summed E-state index contributed by atoms with van der Waals surface area (Å²) in [4.78, 5) is 2.56. The van der Waals surface area contributed by atoms with Gasteiger partial charge in [0.15, 0.2) is 0 Å². The van der Waals surface area contributed by atoms with E-state index in [1.165, 1.54) is 44.5 Å². The Kier molecular flexibility index (Phi) is 3.88. The first kappa shape index (κ1) is 12.5. The van der Waals surface area contributed by atoms with Gasteiger partial charge in [0.25, 0.3) is 0 Å². The average Bonchev–Trinajstić information content (AvgIpc) is 3.18. The Bertz CT molecular complexity index is 403. The molecule has 1 aliphatic heterocycles. The van der Waals surface area contributed by atoms with E-state index in [1.54, 1.807) is 0 Å². The lowest BCUT2D eigenvalue weighted by Crippen LogP contribution is -2.38. The SMILES string of the molecule is Clc1ccccc1CN1CCCNC(C2CC2)C1. The van der Waals surface area contributed by atoms with Crippen molar-refractivity contribution in [2.24, 2.45) is 5.92 Å². The summed E-state index contributed by atoms with van der Waals surface area (Å²) in [5, 5.41) is 4.60. The molecule has 1 saturated heterocycles. The normalized spacial score (nSPS) is 25.9. The first-order chi connectivity index (χ1) is 8.83. The van der Waals surface area contributed by atoms with Gasteiger partial charge >= 0.3 is 0 Å². The molecular formula is C15H21ClN2. The Hall–Kier alpha value is -0.570. The second-order valence-electron chi connectivity index (χ2n) is 5.58. The van der Waals surface area contributed by atoms with Crippen molar-refractivity contribution in [3.8, 4) is 0 Å². The largest absolute Gasteiger partial charge is 0.312 e. The smallest absolute Gasteiger partial charge is 0.0451 e. The van der Waals surface area contributed by atoms with Gasteiger partial charge in [-0.2, -0.15) is 0 Å². The minimum atomic E-state index is 0.704. The van der Waals surface area contributed by atoms with Crippen LogP contribution in [0.4, 0.5) is 0 Å². The van der Waals surface area contributed by atoms with Crippen LogP contribution >= 0.6 is 11.6 Å². The number of hydrogen-bond donors (Lipinski definition) is 1. The van der Waals surface area contributed by atoms with Crippen molar-refractivity contribution >= 4 is 11.6 Å². The number of benzene rings is 1. The van der Waals surface area contributed by atoms with Crippen LogP contribution in [-0.2, 0) is 6.54 Å². The summed E-state index contributed by atoms with van der Waals surface area (Å²) >= 11 is 6.25. The fraction of sp³-hybridized carbons (Fsp3) is 0.600. The lowest BCUT2D eigenvalue weighted by molar-refractivity contribution is 0.251. The van der Waals surface area contributed by atoms with Gasteiger partial charge in [-0.15, -0.1) is 0 Å². The quantitative estimate of drug-likeness (QED) is 0.903. The van der Waals surface area contributed by atoms with Crippen molar-refractivity contribution in [2.45, 2.75) is 31.8 Å². The van der Waals surface area contributed by atoms with Gasteiger partial charge in [0.05, 0.1) is 0 Å². The highest BCUT2D eigenvalue weighted by atomic mass is 35.5. The number of nitrogens with one attached hydrogen (secondary N) is 1. The van der Waals surface area contributed by atoms with Crippen molar-refractivity contribution < 1.29 is 0 Å². The van der Waals surface area contributed by atoms with Crippen LogP contribution in [-0.4, -0.2) is 30.6 Å². The molecule has 1 aromatic carbocycles. The van der Waals surface area contributed by atoms with E-state index in [0.29, 0.717) is 6.04 Å². The maximum absolute atomic E-state index is 6.25. The van der Waals surface area contributed by atoms with Crippen LogP contribution in [0.1, 0.15) is 24.8 Å². The van der Waals surface area contributed by atoms with E-state index in [9.17, 15) is 0 Å². The summed E-state index contributed by atoms with van der Waals surface area (Å²) in [6, 6.07) is 8.92. The van der Waals surface area contributed by atoms with Crippen LogP contribution in [0.15, 0.2) is 24.3 Å². The fourth-order valence-corrected chi connectivity index (χ4v) is 3.05. The van der Waals surface area contributed by atoms with Gasteiger partial charge in [0.1, 0.15) is 0 Å². The van der Waals surface area contributed by atoms with Gasteiger partial charge in [0, 0.05) is 24.2 Å². The van der Waals surface area contributed by atoms with E-state index in [2.05, 4.69) is 22.3 Å². The molecule has 0 bridgehead atoms. The third-order valence-electron chi connectivity index (χ3n) is 4.06. The third-order valence-corrected chi connectivity index (χ3v) is 4.42. The molecule has 1 atom stereocenters. The fourth-order valence-electron chi connectivity index (χ4n) is 2.85. The number of rotatable bonds is 3. The van der Waals surface area contributed by atoms with E-state index < -0.39 is 0 Å².